The Balaban J connectivity index is 2.15. The minimum atomic E-state index is -0.402. The molecule has 1 aromatic carbocycles. The Bertz CT molecular complexity index is 480. The molecule has 0 bridgehead atoms. The highest BCUT2D eigenvalue weighted by Crippen LogP contribution is 2.24. The number of hydrogen-bond donors (Lipinski definition) is 0. The molecule has 0 unspecified atom stereocenters. The van der Waals surface area contributed by atoms with Crippen LogP contribution in [0.25, 0.3) is 0 Å². The van der Waals surface area contributed by atoms with Crippen LogP contribution in [0.1, 0.15) is 18.4 Å². The molecule has 5 nitrogen and oxygen atoms in total. The van der Waals surface area contributed by atoms with E-state index in [1.54, 1.807) is 6.07 Å². The van der Waals surface area contributed by atoms with Crippen molar-refractivity contribution in [2.45, 2.75) is 19.4 Å². The topological polar surface area (TPSA) is 63.5 Å². The fraction of sp³-hybridized carbons (Fsp3) is 0.417. The number of carbonyl (C=O) groups excluding carboxylic acids is 1. The summed E-state index contributed by atoms with van der Waals surface area (Å²) in [7, 11) is 0. The van der Waals surface area contributed by atoms with Gasteiger partial charge in [-0.2, -0.15) is 0 Å². The largest absolute Gasteiger partial charge is 0.300 e. The number of rotatable bonds is 3. The van der Waals surface area contributed by atoms with Gasteiger partial charge < -0.3 is 0 Å². The average Bonchev–Trinajstić information content (AvgIpc) is 2.32. The van der Waals surface area contributed by atoms with Crippen molar-refractivity contribution in [3.8, 4) is 0 Å². The van der Waals surface area contributed by atoms with Gasteiger partial charge in [0.1, 0.15) is 5.78 Å². The minimum Gasteiger partial charge on any atom is -0.300 e. The van der Waals surface area contributed by atoms with Crippen molar-refractivity contribution in [3.05, 3.63) is 38.9 Å². The first-order chi connectivity index (χ1) is 8.56. The monoisotopic (exact) mass is 268 g/mol. The molecule has 1 fully saturated rings. The number of likely N-dealkylation sites (tertiary alicyclic amines) is 1. The Hall–Kier alpha value is -1.46. The minimum absolute atomic E-state index is 0.0799. The molecule has 0 atom stereocenters. The molecule has 96 valence electrons. The van der Waals surface area contributed by atoms with Gasteiger partial charge in [-0.25, -0.2) is 0 Å². The molecule has 6 heteroatoms. The second-order valence-corrected chi connectivity index (χ2v) is 4.78. The SMILES string of the molecule is O=C1CCN(Cc2cc(Cl)ccc2[N+](=O)[O-])CC1. The molecule has 2 rings (SSSR count). The molecule has 0 saturated carbocycles. The molecule has 0 aromatic heterocycles. The van der Waals surface area contributed by atoms with E-state index < -0.39 is 4.92 Å². The van der Waals surface area contributed by atoms with Crippen LogP contribution >= 0.6 is 11.6 Å². The van der Waals surface area contributed by atoms with E-state index in [4.69, 9.17) is 11.6 Å². The summed E-state index contributed by atoms with van der Waals surface area (Å²) in [6, 6.07) is 4.56. The third kappa shape index (κ3) is 3.05. The molecule has 0 radical (unpaired) electrons. The van der Waals surface area contributed by atoms with Crippen LogP contribution in [0, 0.1) is 10.1 Å². The van der Waals surface area contributed by atoms with E-state index in [0.717, 1.165) is 0 Å². The van der Waals surface area contributed by atoms with E-state index >= 15 is 0 Å². The Kier molecular flexibility index (Phi) is 3.93. The van der Waals surface area contributed by atoms with Crippen LogP contribution in [0.2, 0.25) is 5.02 Å². The summed E-state index contributed by atoms with van der Waals surface area (Å²) in [6.07, 6.45) is 1.04. The van der Waals surface area contributed by atoms with E-state index in [2.05, 4.69) is 0 Å². The molecule has 0 spiro atoms. The number of hydrogen-bond acceptors (Lipinski definition) is 4. The molecule has 1 aliphatic heterocycles. The van der Waals surface area contributed by atoms with Crippen LogP contribution in [0.15, 0.2) is 18.2 Å². The van der Waals surface area contributed by atoms with Crippen LogP contribution in [0.3, 0.4) is 0 Å². The number of benzene rings is 1. The highest BCUT2D eigenvalue weighted by molar-refractivity contribution is 6.30. The Morgan fingerprint density at radius 2 is 2.00 bits per heavy atom. The molecule has 0 aliphatic carbocycles. The summed E-state index contributed by atoms with van der Waals surface area (Å²) >= 11 is 5.87. The summed E-state index contributed by atoms with van der Waals surface area (Å²) in [6.45, 7) is 1.77. The van der Waals surface area contributed by atoms with Gasteiger partial charge in [-0.3, -0.25) is 19.8 Å². The Morgan fingerprint density at radius 3 is 2.61 bits per heavy atom. The first kappa shape index (κ1) is 13.0. The second-order valence-electron chi connectivity index (χ2n) is 4.34. The number of nitrogens with zero attached hydrogens (tertiary/aromatic N) is 2. The fourth-order valence-electron chi connectivity index (χ4n) is 2.06. The number of piperidine rings is 1. The quantitative estimate of drug-likeness (QED) is 0.624. The van der Waals surface area contributed by atoms with E-state index in [1.165, 1.54) is 12.1 Å². The Morgan fingerprint density at radius 1 is 1.33 bits per heavy atom. The number of nitro benzene ring substituents is 1. The zero-order valence-electron chi connectivity index (χ0n) is 9.76. The molecular formula is C12H13ClN2O3. The molecular weight excluding hydrogens is 256 g/mol. The highest BCUT2D eigenvalue weighted by Gasteiger charge is 2.20. The first-order valence-corrected chi connectivity index (χ1v) is 6.11. The van der Waals surface area contributed by atoms with Crippen molar-refractivity contribution in [3.63, 3.8) is 0 Å². The normalized spacial score (nSPS) is 16.8. The van der Waals surface area contributed by atoms with Crippen LogP contribution in [0.5, 0.6) is 0 Å². The lowest BCUT2D eigenvalue weighted by Crippen LogP contribution is -2.33. The smallest absolute Gasteiger partial charge is 0.273 e. The van der Waals surface area contributed by atoms with Gasteiger partial charge in [0.05, 0.1) is 4.92 Å². The molecule has 18 heavy (non-hydrogen) atoms. The first-order valence-electron chi connectivity index (χ1n) is 5.73. The van der Waals surface area contributed by atoms with E-state index in [9.17, 15) is 14.9 Å². The maximum atomic E-state index is 11.1. The third-order valence-electron chi connectivity index (χ3n) is 3.05. The fourth-order valence-corrected chi connectivity index (χ4v) is 2.25. The van der Waals surface area contributed by atoms with Crippen molar-refractivity contribution < 1.29 is 9.72 Å². The molecule has 1 heterocycles. The maximum absolute atomic E-state index is 11.1. The lowest BCUT2D eigenvalue weighted by Gasteiger charge is -2.25. The van der Waals surface area contributed by atoms with Gasteiger partial charge in [0.15, 0.2) is 0 Å². The number of carbonyl (C=O) groups is 1. The standard InChI is InChI=1S/C12H13ClN2O3/c13-10-1-2-12(15(17)18)9(7-10)8-14-5-3-11(16)4-6-14/h1-2,7H,3-6,8H2. The average molecular weight is 269 g/mol. The number of ketones is 1. The predicted octanol–water partition coefficient (Wildman–Crippen LogP) is 2.41. The van der Waals surface area contributed by atoms with Gasteiger partial charge in [-0.15, -0.1) is 0 Å². The number of nitro groups is 1. The van der Waals surface area contributed by atoms with E-state index in [0.29, 0.717) is 43.1 Å². The summed E-state index contributed by atoms with van der Waals surface area (Å²) in [5.41, 5.74) is 0.679. The van der Waals surface area contributed by atoms with E-state index in [1.807, 2.05) is 4.90 Å². The maximum Gasteiger partial charge on any atom is 0.273 e. The van der Waals surface area contributed by atoms with Crippen LogP contribution in [-0.2, 0) is 11.3 Å². The lowest BCUT2D eigenvalue weighted by atomic mass is 10.1. The van der Waals surface area contributed by atoms with Crippen molar-refractivity contribution >= 4 is 23.1 Å². The van der Waals surface area contributed by atoms with Gasteiger partial charge >= 0.3 is 0 Å². The molecule has 1 aromatic rings. The van der Waals surface area contributed by atoms with Crippen LogP contribution in [-0.4, -0.2) is 28.7 Å². The molecule has 0 amide bonds. The predicted molar refractivity (Wildman–Crippen MR) is 67.6 cm³/mol. The van der Waals surface area contributed by atoms with Gasteiger partial charge in [-0.05, 0) is 12.1 Å². The summed E-state index contributed by atoms with van der Waals surface area (Å²) < 4.78 is 0. The lowest BCUT2D eigenvalue weighted by molar-refractivity contribution is -0.385. The zero-order valence-corrected chi connectivity index (χ0v) is 10.5. The van der Waals surface area contributed by atoms with Crippen molar-refractivity contribution in [1.82, 2.24) is 4.90 Å². The van der Waals surface area contributed by atoms with Crippen LogP contribution in [0.4, 0.5) is 5.69 Å². The molecule has 1 saturated heterocycles. The zero-order chi connectivity index (χ0) is 13.1. The molecule has 1 aliphatic rings. The van der Waals surface area contributed by atoms with E-state index in [-0.39, 0.29) is 11.5 Å². The van der Waals surface area contributed by atoms with Crippen molar-refractivity contribution in [2.75, 3.05) is 13.1 Å². The van der Waals surface area contributed by atoms with Gasteiger partial charge in [0.25, 0.3) is 5.69 Å². The number of Topliss-reactive ketones (excluding diaryl/α,β-unsaturated/α-hetero) is 1. The van der Waals surface area contributed by atoms with Crippen LogP contribution < -0.4 is 0 Å². The summed E-state index contributed by atoms with van der Waals surface area (Å²) in [5.74, 6) is 0.256. The second kappa shape index (κ2) is 5.46. The summed E-state index contributed by atoms with van der Waals surface area (Å²) in [5, 5.41) is 11.4. The highest BCUT2D eigenvalue weighted by atomic mass is 35.5. The Labute approximate surface area is 109 Å². The van der Waals surface area contributed by atoms with Gasteiger partial charge in [0, 0.05) is 49.1 Å². The van der Waals surface area contributed by atoms with Gasteiger partial charge in [0.2, 0.25) is 0 Å². The number of halogens is 1. The van der Waals surface area contributed by atoms with Crippen molar-refractivity contribution in [1.29, 1.82) is 0 Å². The summed E-state index contributed by atoms with van der Waals surface area (Å²) in [4.78, 5) is 23.7. The van der Waals surface area contributed by atoms with Crippen molar-refractivity contribution in [2.24, 2.45) is 0 Å². The molecule has 0 N–H and O–H groups in total. The van der Waals surface area contributed by atoms with Gasteiger partial charge in [-0.1, -0.05) is 11.6 Å². The third-order valence-corrected chi connectivity index (χ3v) is 3.28.